The van der Waals surface area contributed by atoms with Crippen molar-refractivity contribution in [2.75, 3.05) is 24.1 Å². The second-order valence-electron chi connectivity index (χ2n) is 9.23. The minimum atomic E-state index is -4.27. The molecule has 0 radical (unpaired) electrons. The SMILES string of the molecule is Cc1c(CN2CCC(Nc3nc(N)nc4sc(CC(F)(F)F)cc34)CC2)ccc2c1C=C(C#N)C2. The Morgan fingerprint density at radius 2 is 2.03 bits per heavy atom. The van der Waals surface area contributed by atoms with Crippen molar-refractivity contribution in [3.8, 4) is 6.07 Å². The van der Waals surface area contributed by atoms with Gasteiger partial charge in [-0.1, -0.05) is 12.1 Å². The number of alkyl halides is 3. The van der Waals surface area contributed by atoms with Gasteiger partial charge in [-0.2, -0.15) is 23.4 Å². The second kappa shape index (κ2) is 9.13. The standard InChI is InChI=1S/C25H25F3N6S/c1-14-17(3-2-16-8-15(12-29)9-20(14)16)13-34-6-4-18(5-7-34)31-22-21-10-19(11-25(26,27)28)35-23(21)33-24(30)32-22/h2-3,9-10,18H,4-8,11,13H2,1H3,(H3,30,31,32,33). The van der Waals surface area contributed by atoms with Crippen LogP contribution >= 0.6 is 11.3 Å². The second-order valence-corrected chi connectivity index (χ2v) is 10.3. The number of nitrogens with one attached hydrogen (secondary N) is 1. The van der Waals surface area contributed by atoms with Crippen molar-refractivity contribution in [2.24, 2.45) is 0 Å². The molecule has 10 heteroatoms. The van der Waals surface area contributed by atoms with Crippen LogP contribution in [0.1, 0.15) is 40.0 Å². The van der Waals surface area contributed by atoms with Gasteiger partial charge in [0.05, 0.1) is 17.9 Å². The number of rotatable bonds is 5. The highest BCUT2D eigenvalue weighted by Crippen LogP contribution is 2.34. The molecule has 6 nitrogen and oxygen atoms in total. The van der Waals surface area contributed by atoms with E-state index in [0.717, 1.165) is 49.4 Å². The van der Waals surface area contributed by atoms with Gasteiger partial charge in [0, 0.05) is 42.5 Å². The normalized spacial score (nSPS) is 16.8. The number of hydrogen-bond acceptors (Lipinski definition) is 7. The Balaban J connectivity index is 1.24. The van der Waals surface area contributed by atoms with Crippen LogP contribution in [-0.2, 0) is 19.4 Å². The summed E-state index contributed by atoms with van der Waals surface area (Å²) in [5.74, 6) is 0.559. The van der Waals surface area contributed by atoms with Crippen LogP contribution in [0.3, 0.4) is 0 Å². The largest absolute Gasteiger partial charge is 0.393 e. The van der Waals surface area contributed by atoms with E-state index in [1.807, 2.05) is 6.08 Å². The third kappa shape index (κ3) is 5.11. The lowest BCUT2D eigenvalue weighted by molar-refractivity contribution is -0.126. The van der Waals surface area contributed by atoms with Crippen molar-refractivity contribution in [3.63, 3.8) is 0 Å². The molecule has 0 unspecified atom stereocenters. The number of nitrogens with two attached hydrogens (primary N) is 1. The number of likely N-dealkylation sites (tertiary alicyclic amines) is 1. The van der Waals surface area contributed by atoms with Gasteiger partial charge < -0.3 is 11.1 Å². The molecule has 182 valence electrons. The molecular formula is C25H25F3N6S. The average Bonchev–Trinajstić information content (AvgIpc) is 3.39. The Kier molecular flexibility index (Phi) is 6.15. The minimum absolute atomic E-state index is 0.0542. The van der Waals surface area contributed by atoms with Gasteiger partial charge >= 0.3 is 6.18 Å². The Hall–Kier alpha value is -3.16. The maximum atomic E-state index is 12.8. The Bertz CT molecular complexity index is 1350. The van der Waals surface area contributed by atoms with E-state index < -0.39 is 12.6 Å². The number of aromatic nitrogens is 2. The summed E-state index contributed by atoms with van der Waals surface area (Å²) in [4.78, 5) is 11.5. The summed E-state index contributed by atoms with van der Waals surface area (Å²) in [6.07, 6.45) is -0.774. The number of nitriles is 1. The molecule has 1 fully saturated rings. The summed E-state index contributed by atoms with van der Waals surface area (Å²) in [7, 11) is 0. The summed E-state index contributed by atoms with van der Waals surface area (Å²) in [6, 6.07) is 8.24. The van der Waals surface area contributed by atoms with Crippen molar-refractivity contribution in [2.45, 2.75) is 51.4 Å². The molecule has 1 aromatic carbocycles. The number of nitrogens with zero attached hydrogens (tertiary/aromatic N) is 4. The van der Waals surface area contributed by atoms with Gasteiger partial charge in [-0.3, -0.25) is 4.90 Å². The molecule has 0 spiro atoms. The zero-order chi connectivity index (χ0) is 24.7. The van der Waals surface area contributed by atoms with Gasteiger partial charge in [-0.25, -0.2) is 4.98 Å². The zero-order valence-corrected chi connectivity index (χ0v) is 20.1. The van der Waals surface area contributed by atoms with E-state index in [1.165, 1.54) is 28.3 Å². The van der Waals surface area contributed by atoms with Gasteiger partial charge in [-0.05, 0) is 54.2 Å². The predicted octanol–water partition coefficient (Wildman–Crippen LogP) is 5.23. The molecule has 2 aromatic heterocycles. The van der Waals surface area contributed by atoms with E-state index in [2.05, 4.69) is 45.3 Å². The van der Waals surface area contributed by atoms with Crippen LogP contribution < -0.4 is 11.1 Å². The first-order valence-electron chi connectivity index (χ1n) is 11.5. The smallest absolute Gasteiger partial charge is 0.368 e. The number of hydrogen-bond donors (Lipinski definition) is 2. The lowest BCUT2D eigenvalue weighted by Crippen LogP contribution is -2.39. The van der Waals surface area contributed by atoms with Gasteiger partial charge in [-0.15, -0.1) is 11.3 Å². The van der Waals surface area contributed by atoms with Crippen LogP contribution in [0.4, 0.5) is 24.9 Å². The molecule has 3 N–H and O–H groups in total. The minimum Gasteiger partial charge on any atom is -0.368 e. The molecule has 1 saturated heterocycles. The molecule has 1 aliphatic heterocycles. The first kappa shape index (κ1) is 23.6. The summed E-state index contributed by atoms with van der Waals surface area (Å²) >= 11 is 1.01. The van der Waals surface area contributed by atoms with Gasteiger partial charge in [0.25, 0.3) is 0 Å². The maximum absolute atomic E-state index is 12.8. The number of anilines is 2. The van der Waals surface area contributed by atoms with Crippen LogP contribution in [0.25, 0.3) is 16.3 Å². The van der Waals surface area contributed by atoms with E-state index in [4.69, 9.17) is 5.73 Å². The summed E-state index contributed by atoms with van der Waals surface area (Å²) in [5.41, 5.74) is 11.5. The maximum Gasteiger partial charge on any atom is 0.393 e. The van der Waals surface area contributed by atoms with Crippen LogP contribution in [-0.4, -0.2) is 40.2 Å². The van der Waals surface area contributed by atoms with E-state index in [9.17, 15) is 18.4 Å². The lowest BCUT2D eigenvalue weighted by Gasteiger charge is -2.33. The van der Waals surface area contributed by atoms with Crippen molar-refractivity contribution in [1.29, 1.82) is 5.26 Å². The molecule has 0 saturated carbocycles. The molecule has 35 heavy (non-hydrogen) atoms. The fourth-order valence-electron chi connectivity index (χ4n) is 4.91. The quantitative estimate of drug-likeness (QED) is 0.501. The fourth-order valence-corrected chi connectivity index (χ4v) is 5.98. The number of fused-ring (bicyclic) bond motifs is 2. The fraction of sp³-hybridized carbons (Fsp3) is 0.400. The van der Waals surface area contributed by atoms with E-state index in [0.29, 0.717) is 22.5 Å². The number of thiophene rings is 1. The van der Waals surface area contributed by atoms with Crippen molar-refractivity contribution >= 4 is 39.4 Å². The number of benzene rings is 1. The van der Waals surface area contributed by atoms with Crippen molar-refractivity contribution in [3.05, 3.63) is 50.9 Å². The van der Waals surface area contributed by atoms with Crippen molar-refractivity contribution < 1.29 is 13.2 Å². The zero-order valence-electron chi connectivity index (χ0n) is 19.2. The molecule has 5 rings (SSSR count). The topological polar surface area (TPSA) is 90.9 Å². The Morgan fingerprint density at radius 1 is 1.26 bits per heavy atom. The van der Waals surface area contributed by atoms with Crippen LogP contribution in [0.15, 0.2) is 23.8 Å². The predicted molar refractivity (Wildman–Crippen MR) is 132 cm³/mol. The van der Waals surface area contributed by atoms with E-state index in [-0.39, 0.29) is 16.9 Å². The third-order valence-corrected chi connectivity index (χ3v) is 7.75. The molecule has 2 aliphatic rings. The summed E-state index contributed by atoms with van der Waals surface area (Å²) in [5, 5.41) is 13.2. The average molecular weight is 499 g/mol. The monoisotopic (exact) mass is 498 g/mol. The van der Waals surface area contributed by atoms with Gasteiger partial charge in [0.1, 0.15) is 10.6 Å². The van der Waals surface area contributed by atoms with Crippen LogP contribution in [0, 0.1) is 18.3 Å². The first-order chi connectivity index (χ1) is 16.7. The highest BCUT2D eigenvalue weighted by atomic mass is 32.1. The van der Waals surface area contributed by atoms with Gasteiger partial charge in [0.15, 0.2) is 0 Å². The van der Waals surface area contributed by atoms with Crippen LogP contribution in [0.5, 0.6) is 0 Å². The highest BCUT2D eigenvalue weighted by molar-refractivity contribution is 7.18. The Labute approximate surface area is 205 Å². The number of halogens is 3. The molecule has 0 bridgehead atoms. The molecule has 1 aliphatic carbocycles. The highest BCUT2D eigenvalue weighted by Gasteiger charge is 2.29. The van der Waals surface area contributed by atoms with Crippen LogP contribution in [0.2, 0.25) is 0 Å². The van der Waals surface area contributed by atoms with Crippen molar-refractivity contribution in [1.82, 2.24) is 14.9 Å². The third-order valence-electron chi connectivity index (χ3n) is 6.72. The molecule has 3 aromatic rings. The molecule has 3 heterocycles. The number of piperidine rings is 1. The summed E-state index contributed by atoms with van der Waals surface area (Å²) < 4.78 is 38.5. The lowest BCUT2D eigenvalue weighted by atomic mass is 9.97. The van der Waals surface area contributed by atoms with Gasteiger partial charge in [0.2, 0.25) is 5.95 Å². The number of nitrogen functional groups attached to an aromatic ring is 1. The molecule has 0 atom stereocenters. The number of allylic oxidation sites excluding steroid dienone is 1. The molecular weight excluding hydrogens is 473 g/mol. The van der Waals surface area contributed by atoms with E-state index in [1.54, 1.807) is 0 Å². The molecule has 0 amide bonds. The van der Waals surface area contributed by atoms with E-state index >= 15 is 0 Å². The Morgan fingerprint density at radius 3 is 2.74 bits per heavy atom. The first-order valence-corrected chi connectivity index (χ1v) is 12.3. The summed E-state index contributed by atoms with van der Waals surface area (Å²) in [6.45, 7) is 4.75.